The van der Waals surface area contributed by atoms with E-state index in [1.165, 1.54) is 22.6 Å². The van der Waals surface area contributed by atoms with E-state index in [0.29, 0.717) is 21.8 Å². The van der Waals surface area contributed by atoms with Crippen molar-refractivity contribution < 1.29 is 0 Å². The van der Waals surface area contributed by atoms with E-state index in [2.05, 4.69) is 26.0 Å². The lowest BCUT2D eigenvalue weighted by molar-refractivity contribution is 0.824. The van der Waals surface area contributed by atoms with Crippen LogP contribution in [0.4, 0.5) is 5.69 Å². The summed E-state index contributed by atoms with van der Waals surface area (Å²) in [7, 11) is 0. The predicted molar refractivity (Wildman–Crippen MR) is 117 cm³/mol. The molecule has 0 unspecified atom stereocenters. The summed E-state index contributed by atoms with van der Waals surface area (Å²) in [6, 6.07) is 14.7. The van der Waals surface area contributed by atoms with Crippen LogP contribution in [0.3, 0.4) is 0 Å². The van der Waals surface area contributed by atoms with Gasteiger partial charge in [0.05, 0.1) is 26.8 Å². The van der Waals surface area contributed by atoms with Crippen LogP contribution < -0.4 is 11.3 Å². The number of halogens is 3. The Labute approximate surface area is 182 Å². The van der Waals surface area contributed by atoms with E-state index in [1.807, 2.05) is 30.3 Å². The van der Waals surface area contributed by atoms with Crippen LogP contribution in [0.15, 0.2) is 74.0 Å². The molecule has 0 radical (unpaired) electrons. The molecule has 0 amide bonds. The average Bonchev–Trinajstić information content (AvgIpc) is 2.68. The highest BCUT2D eigenvalue weighted by molar-refractivity contribution is 9.10. The van der Waals surface area contributed by atoms with E-state index in [9.17, 15) is 4.79 Å². The average molecular weight is 494 g/mol. The van der Waals surface area contributed by atoms with Gasteiger partial charge in [-0.15, -0.1) is 0 Å². The van der Waals surface area contributed by atoms with Crippen LogP contribution in [0.25, 0.3) is 16.6 Å². The Morgan fingerprint density at radius 1 is 1.00 bits per heavy atom. The summed E-state index contributed by atoms with van der Waals surface area (Å²) >= 11 is 17.6. The smallest absolute Gasteiger partial charge is 0.281 e. The Morgan fingerprint density at radius 3 is 2.50 bits per heavy atom. The predicted octanol–water partition coefficient (Wildman–Crippen LogP) is 5.56. The standard InChI is InChI=1S/C19H11BrCl2N4OS/c20-10-1-3-11(4-2-10)28-15-8-7-14-17(19(27)24-9-26(14)25-15)16-12(21)5-6-13(23)18(16)22/h1-9H,23H2. The van der Waals surface area contributed by atoms with Gasteiger partial charge in [0.2, 0.25) is 0 Å². The van der Waals surface area contributed by atoms with Crippen molar-refractivity contribution in [3.05, 3.63) is 79.7 Å². The second-order valence-electron chi connectivity index (χ2n) is 5.81. The maximum Gasteiger partial charge on any atom is 0.281 e. The summed E-state index contributed by atoms with van der Waals surface area (Å²) in [5, 5.41) is 5.83. The van der Waals surface area contributed by atoms with Crippen molar-refractivity contribution in [3.63, 3.8) is 0 Å². The molecule has 28 heavy (non-hydrogen) atoms. The highest BCUT2D eigenvalue weighted by atomic mass is 79.9. The van der Waals surface area contributed by atoms with Crippen LogP contribution in [-0.2, 0) is 0 Å². The Kier molecular flexibility index (Phi) is 5.33. The molecule has 0 saturated heterocycles. The minimum absolute atomic E-state index is 0.216. The van der Waals surface area contributed by atoms with Gasteiger partial charge >= 0.3 is 0 Å². The van der Waals surface area contributed by atoms with Gasteiger partial charge in [-0.1, -0.05) is 50.9 Å². The van der Waals surface area contributed by atoms with Gasteiger partial charge in [-0.2, -0.15) is 10.1 Å². The molecule has 2 N–H and O–H groups in total. The summed E-state index contributed by atoms with van der Waals surface area (Å²) in [4.78, 5) is 17.5. The van der Waals surface area contributed by atoms with Crippen LogP contribution in [0.1, 0.15) is 0 Å². The molecule has 2 aromatic carbocycles. The number of hydrogen-bond acceptors (Lipinski definition) is 5. The van der Waals surface area contributed by atoms with Crippen LogP contribution in [-0.4, -0.2) is 14.6 Å². The van der Waals surface area contributed by atoms with Crippen molar-refractivity contribution >= 4 is 62.1 Å². The van der Waals surface area contributed by atoms with Crippen molar-refractivity contribution in [2.45, 2.75) is 9.92 Å². The van der Waals surface area contributed by atoms with E-state index in [1.54, 1.807) is 18.2 Å². The van der Waals surface area contributed by atoms with Gasteiger partial charge in [-0.3, -0.25) is 4.79 Å². The quantitative estimate of drug-likeness (QED) is 0.378. The minimum Gasteiger partial charge on any atom is -0.398 e. The summed E-state index contributed by atoms with van der Waals surface area (Å²) < 4.78 is 2.54. The Balaban J connectivity index is 1.86. The molecule has 0 aliphatic heterocycles. The third kappa shape index (κ3) is 3.63. The Bertz CT molecular complexity index is 1260. The van der Waals surface area contributed by atoms with Crippen molar-refractivity contribution in [2.24, 2.45) is 0 Å². The third-order valence-electron chi connectivity index (χ3n) is 4.00. The van der Waals surface area contributed by atoms with Crippen molar-refractivity contribution in [2.75, 3.05) is 5.73 Å². The SMILES string of the molecule is Nc1ccc(Cl)c(-c2c(=O)ncn3nc(Sc4ccc(Br)cc4)ccc23)c1Cl. The molecular formula is C19H11BrCl2N4OS. The first kappa shape index (κ1) is 19.3. The number of fused-ring (bicyclic) bond motifs is 1. The largest absolute Gasteiger partial charge is 0.398 e. The van der Waals surface area contributed by atoms with E-state index < -0.39 is 5.56 Å². The first-order valence-electron chi connectivity index (χ1n) is 8.00. The lowest BCUT2D eigenvalue weighted by Crippen LogP contribution is -2.14. The van der Waals surface area contributed by atoms with Gasteiger partial charge in [-0.25, -0.2) is 4.52 Å². The van der Waals surface area contributed by atoms with Gasteiger partial charge in [0.15, 0.2) is 0 Å². The van der Waals surface area contributed by atoms with Crippen LogP contribution in [0.2, 0.25) is 10.0 Å². The van der Waals surface area contributed by atoms with Crippen molar-refractivity contribution in [1.29, 1.82) is 0 Å². The number of nitrogen functional groups attached to an aromatic ring is 1. The molecule has 0 aliphatic carbocycles. The Morgan fingerprint density at radius 2 is 1.75 bits per heavy atom. The first-order valence-corrected chi connectivity index (χ1v) is 10.4. The maximum absolute atomic E-state index is 12.5. The third-order valence-corrected chi connectivity index (χ3v) is 6.18. The number of aromatic nitrogens is 3. The molecule has 0 bridgehead atoms. The molecule has 140 valence electrons. The summed E-state index contributed by atoms with van der Waals surface area (Å²) in [6.07, 6.45) is 1.38. The number of benzene rings is 2. The van der Waals surface area contributed by atoms with Gasteiger partial charge in [0, 0.05) is 14.9 Å². The molecule has 4 rings (SSSR count). The Hall–Kier alpha value is -2.06. The second kappa shape index (κ2) is 7.75. The molecule has 5 nitrogen and oxygen atoms in total. The van der Waals surface area contributed by atoms with Crippen LogP contribution >= 0.6 is 50.9 Å². The van der Waals surface area contributed by atoms with E-state index in [4.69, 9.17) is 28.9 Å². The lowest BCUT2D eigenvalue weighted by atomic mass is 10.1. The summed E-state index contributed by atoms with van der Waals surface area (Å²) in [6.45, 7) is 0. The van der Waals surface area contributed by atoms with Crippen LogP contribution in [0, 0.1) is 0 Å². The molecular weight excluding hydrogens is 483 g/mol. The fourth-order valence-electron chi connectivity index (χ4n) is 2.70. The number of nitrogens with zero attached hydrogens (tertiary/aromatic N) is 3. The molecule has 9 heteroatoms. The molecule has 0 atom stereocenters. The second-order valence-corrected chi connectivity index (χ2v) is 8.60. The summed E-state index contributed by atoms with van der Waals surface area (Å²) in [5.74, 6) is 0. The number of anilines is 1. The fraction of sp³-hybridized carbons (Fsp3) is 0. The zero-order valence-corrected chi connectivity index (χ0v) is 18.0. The van der Waals surface area contributed by atoms with Gasteiger partial charge in [0.25, 0.3) is 5.56 Å². The van der Waals surface area contributed by atoms with Crippen molar-refractivity contribution in [1.82, 2.24) is 14.6 Å². The molecule has 0 fully saturated rings. The van der Waals surface area contributed by atoms with Crippen LogP contribution in [0.5, 0.6) is 0 Å². The topological polar surface area (TPSA) is 73.3 Å². The molecule has 2 aromatic heterocycles. The number of nitrogens with two attached hydrogens (primary N) is 1. The zero-order valence-electron chi connectivity index (χ0n) is 14.1. The van der Waals surface area contributed by atoms with Crippen molar-refractivity contribution in [3.8, 4) is 11.1 Å². The van der Waals surface area contributed by atoms with E-state index in [0.717, 1.165) is 14.4 Å². The van der Waals surface area contributed by atoms with Gasteiger partial charge in [-0.05, 0) is 48.5 Å². The summed E-state index contributed by atoms with van der Waals surface area (Å²) in [5.41, 5.74) is 6.93. The fourth-order valence-corrected chi connectivity index (χ4v) is 4.30. The minimum atomic E-state index is -0.454. The zero-order chi connectivity index (χ0) is 19.8. The highest BCUT2D eigenvalue weighted by Crippen LogP contribution is 2.38. The van der Waals surface area contributed by atoms with Gasteiger partial charge in [0.1, 0.15) is 11.4 Å². The molecule has 4 aromatic rings. The molecule has 2 heterocycles. The molecule has 0 spiro atoms. The van der Waals surface area contributed by atoms with E-state index >= 15 is 0 Å². The molecule has 0 saturated carbocycles. The van der Waals surface area contributed by atoms with E-state index in [-0.39, 0.29) is 10.6 Å². The first-order chi connectivity index (χ1) is 13.4. The normalized spacial score (nSPS) is 11.1. The monoisotopic (exact) mass is 492 g/mol. The molecule has 0 aliphatic rings. The maximum atomic E-state index is 12.5. The van der Waals surface area contributed by atoms with Gasteiger partial charge < -0.3 is 5.73 Å². The number of hydrogen-bond donors (Lipinski definition) is 1. The number of rotatable bonds is 3. The highest BCUT2D eigenvalue weighted by Gasteiger charge is 2.18. The lowest BCUT2D eigenvalue weighted by Gasteiger charge is -2.12.